The van der Waals surface area contributed by atoms with Crippen LogP contribution in [0.1, 0.15) is 6.42 Å². The van der Waals surface area contributed by atoms with Crippen LogP contribution in [0.25, 0.3) is 10.9 Å². The predicted molar refractivity (Wildman–Crippen MR) is 96.9 cm³/mol. The lowest BCUT2D eigenvalue weighted by Gasteiger charge is -2.24. The summed E-state index contributed by atoms with van der Waals surface area (Å²) in [4.78, 5) is 30.0. The normalized spacial score (nSPS) is 15.5. The molecule has 2 aromatic rings. The minimum Gasteiger partial charge on any atom is -0.370 e. The molecular formula is C17H23N4O3S+. The molecule has 0 saturated carbocycles. The Balaban J connectivity index is 1.80. The fraction of sp³-hybridized carbons (Fsp3) is 0.471. The number of carbonyl (C=O) groups is 1. The van der Waals surface area contributed by atoms with Crippen molar-refractivity contribution in [3.63, 3.8) is 0 Å². The van der Waals surface area contributed by atoms with Gasteiger partial charge in [0.15, 0.2) is 5.16 Å². The van der Waals surface area contributed by atoms with E-state index in [1.165, 1.54) is 16.7 Å². The second-order valence-corrected chi connectivity index (χ2v) is 7.03. The van der Waals surface area contributed by atoms with Gasteiger partial charge < -0.3 is 15.4 Å². The van der Waals surface area contributed by atoms with Crippen molar-refractivity contribution >= 4 is 28.6 Å². The van der Waals surface area contributed by atoms with E-state index >= 15 is 0 Å². The van der Waals surface area contributed by atoms with Gasteiger partial charge in [0.2, 0.25) is 5.91 Å². The molecule has 1 aromatic heterocycles. The summed E-state index contributed by atoms with van der Waals surface area (Å²) in [5.74, 6) is -0.309. The number of nitrogens with one attached hydrogen (secondary N) is 1. The number of benzene rings is 1. The maximum absolute atomic E-state index is 12.8. The van der Waals surface area contributed by atoms with Gasteiger partial charge in [-0.05, 0) is 12.1 Å². The van der Waals surface area contributed by atoms with E-state index in [1.807, 2.05) is 18.2 Å². The Bertz CT molecular complexity index is 802. The zero-order valence-electron chi connectivity index (χ0n) is 14.1. The number of fused-ring (bicyclic) bond motifs is 1. The van der Waals surface area contributed by atoms with Crippen LogP contribution in [0.5, 0.6) is 0 Å². The Hall–Kier alpha value is -1.90. The standard InChI is InChI=1S/C17H22N4O3S/c18-15(22)12-25-17-19-14-5-2-1-4-13(14)16(23)21(17)7-3-6-20-8-10-24-11-9-20/h1-2,4-5H,3,6-12H2,(H2,18,22)/p+1. The van der Waals surface area contributed by atoms with Crippen molar-refractivity contribution in [1.82, 2.24) is 9.55 Å². The van der Waals surface area contributed by atoms with E-state index in [2.05, 4.69) is 4.98 Å². The van der Waals surface area contributed by atoms with Crippen LogP contribution >= 0.6 is 11.8 Å². The van der Waals surface area contributed by atoms with Crippen molar-refractivity contribution in [3.8, 4) is 0 Å². The predicted octanol–water partition coefficient (Wildman–Crippen LogP) is -0.721. The molecule has 0 atom stereocenters. The molecule has 1 saturated heterocycles. The number of hydrogen-bond donors (Lipinski definition) is 2. The van der Waals surface area contributed by atoms with Gasteiger partial charge >= 0.3 is 0 Å². The molecule has 1 aliphatic heterocycles. The average molecular weight is 363 g/mol. The highest BCUT2D eigenvalue weighted by Crippen LogP contribution is 2.17. The highest BCUT2D eigenvalue weighted by atomic mass is 32.2. The smallest absolute Gasteiger partial charge is 0.262 e. The first-order valence-corrected chi connectivity index (χ1v) is 9.45. The fourth-order valence-electron chi connectivity index (χ4n) is 2.99. The molecule has 134 valence electrons. The van der Waals surface area contributed by atoms with E-state index in [4.69, 9.17) is 10.5 Å². The lowest BCUT2D eigenvalue weighted by molar-refractivity contribution is -0.908. The minimum atomic E-state index is -0.420. The topological polar surface area (TPSA) is 91.7 Å². The van der Waals surface area contributed by atoms with Gasteiger partial charge in [-0.25, -0.2) is 4.98 Å². The molecule has 3 N–H and O–H groups in total. The van der Waals surface area contributed by atoms with Crippen molar-refractivity contribution in [3.05, 3.63) is 34.6 Å². The van der Waals surface area contributed by atoms with Gasteiger partial charge in [-0.15, -0.1) is 0 Å². The van der Waals surface area contributed by atoms with Crippen molar-refractivity contribution in [2.75, 3.05) is 38.6 Å². The molecular weight excluding hydrogens is 340 g/mol. The molecule has 1 amide bonds. The Labute approximate surface area is 150 Å². The number of quaternary nitrogens is 1. The second kappa shape index (κ2) is 8.46. The first kappa shape index (κ1) is 17.9. The zero-order valence-corrected chi connectivity index (χ0v) is 14.9. The van der Waals surface area contributed by atoms with Crippen LogP contribution in [0.2, 0.25) is 0 Å². The molecule has 0 aliphatic carbocycles. The number of hydrogen-bond acceptors (Lipinski definition) is 5. The van der Waals surface area contributed by atoms with Crippen LogP contribution in [-0.4, -0.2) is 54.1 Å². The number of primary amides is 1. The molecule has 2 heterocycles. The highest BCUT2D eigenvalue weighted by Gasteiger charge is 2.15. The first-order valence-electron chi connectivity index (χ1n) is 8.47. The number of nitrogens with two attached hydrogens (primary N) is 1. The number of aromatic nitrogens is 2. The summed E-state index contributed by atoms with van der Waals surface area (Å²) in [5.41, 5.74) is 5.84. The van der Waals surface area contributed by atoms with Gasteiger partial charge in [-0.1, -0.05) is 23.9 Å². The Morgan fingerprint density at radius 3 is 2.84 bits per heavy atom. The van der Waals surface area contributed by atoms with E-state index in [0.717, 1.165) is 39.3 Å². The van der Waals surface area contributed by atoms with Crippen molar-refractivity contribution in [2.45, 2.75) is 18.1 Å². The Kier molecular flexibility index (Phi) is 6.06. The molecule has 0 radical (unpaired) electrons. The first-order chi connectivity index (χ1) is 12.1. The number of rotatable bonds is 7. The zero-order chi connectivity index (χ0) is 17.6. The van der Waals surface area contributed by atoms with Gasteiger partial charge in [0.05, 0.1) is 36.4 Å². The van der Waals surface area contributed by atoms with E-state index in [0.29, 0.717) is 22.6 Å². The van der Waals surface area contributed by atoms with Crippen molar-refractivity contribution in [1.29, 1.82) is 0 Å². The number of thioether (sulfide) groups is 1. The van der Waals surface area contributed by atoms with Crippen LogP contribution in [-0.2, 0) is 16.1 Å². The molecule has 1 aromatic carbocycles. The van der Waals surface area contributed by atoms with Gasteiger partial charge in [0, 0.05) is 13.0 Å². The molecule has 7 nitrogen and oxygen atoms in total. The quantitative estimate of drug-likeness (QED) is 0.500. The number of para-hydroxylation sites is 1. The summed E-state index contributed by atoms with van der Waals surface area (Å²) in [5, 5.41) is 1.16. The van der Waals surface area contributed by atoms with Crippen LogP contribution in [0, 0.1) is 0 Å². The Morgan fingerprint density at radius 1 is 1.32 bits per heavy atom. The highest BCUT2D eigenvalue weighted by molar-refractivity contribution is 7.99. The minimum absolute atomic E-state index is 0.0606. The van der Waals surface area contributed by atoms with Crippen LogP contribution in [0.4, 0.5) is 0 Å². The number of morpholine rings is 1. The average Bonchev–Trinajstić information content (AvgIpc) is 2.63. The summed E-state index contributed by atoms with van der Waals surface area (Å²) in [6.45, 7) is 5.19. The summed E-state index contributed by atoms with van der Waals surface area (Å²) >= 11 is 1.22. The maximum Gasteiger partial charge on any atom is 0.262 e. The largest absolute Gasteiger partial charge is 0.370 e. The van der Waals surface area contributed by atoms with Crippen LogP contribution in [0.3, 0.4) is 0 Å². The molecule has 1 aliphatic rings. The van der Waals surface area contributed by atoms with Gasteiger partial charge in [-0.2, -0.15) is 0 Å². The van der Waals surface area contributed by atoms with E-state index in [-0.39, 0.29) is 11.3 Å². The number of ether oxygens (including phenoxy) is 1. The van der Waals surface area contributed by atoms with Crippen molar-refractivity contribution < 1.29 is 14.4 Å². The van der Waals surface area contributed by atoms with Gasteiger partial charge in [-0.3, -0.25) is 14.2 Å². The number of nitrogens with zero attached hydrogens (tertiary/aromatic N) is 2. The summed E-state index contributed by atoms with van der Waals surface area (Å²) in [7, 11) is 0. The van der Waals surface area contributed by atoms with E-state index < -0.39 is 5.91 Å². The van der Waals surface area contributed by atoms with E-state index in [1.54, 1.807) is 10.6 Å². The van der Waals surface area contributed by atoms with Crippen LogP contribution < -0.4 is 16.2 Å². The maximum atomic E-state index is 12.8. The number of carbonyl (C=O) groups excluding carboxylic acids is 1. The molecule has 25 heavy (non-hydrogen) atoms. The lowest BCUT2D eigenvalue weighted by Crippen LogP contribution is -3.14. The van der Waals surface area contributed by atoms with E-state index in [9.17, 15) is 9.59 Å². The fourth-order valence-corrected chi connectivity index (χ4v) is 3.75. The van der Waals surface area contributed by atoms with Gasteiger partial charge in [0.1, 0.15) is 13.1 Å². The molecule has 0 unspecified atom stereocenters. The third-order valence-corrected chi connectivity index (χ3v) is 5.28. The SMILES string of the molecule is NC(=O)CSc1nc2ccccc2c(=O)n1CCC[NH+]1CCOCC1. The number of amides is 1. The summed E-state index contributed by atoms with van der Waals surface area (Å²) in [6, 6.07) is 7.29. The molecule has 3 rings (SSSR count). The van der Waals surface area contributed by atoms with Gasteiger partial charge in [0.25, 0.3) is 5.56 Å². The monoisotopic (exact) mass is 363 g/mol. The van der Waals surface area contributed by atoms with Crippen LogP contribution in [0.15, 0.2) is 34.2 Å². The Morgan fingerprint density at radius 2 is 2.08 bits per heavy atom. The lowest BCUT2D eigenvalue weighted by atomic mass is 10.2. The van der Waals surface area contributed by atoms with Crippen molar-refractivity contribution in [2.24, 2.45) is 5.73 Å². The third kappa shape index (κ3) is 4.59. The second-order valence-electron chi connectivity index (χ2n) is 6.09. The molecule has 0 spiro atoms. The summed E-state index contributed by atoms with van der Waals surface area (Å²) in [6.07, 6.45) is 0.874. The molecule has 1 fully saturated rings. The molecule has 8 heteroatoms. The third-order valence-electron chi connectivity index (χ3n) is 4.28. The molecule has 0 bridgehead atoms. The summed E-state index contributed by atoms with van der Waals surface area (Å²) < 4.78 is 7.05.